The van der Waals surface area contributed by atoms with E-state index in [2.05, 4.69) is 0 Å². The number of aliphatic carboxylic acids is 1. The van der Waals surface area contributed by atoms with Crippen LogP contribution in [-0.2, 0) is 49.5 Å². The number of carbonyl (C=O) groups is 8. The summed E-state index contributed by atoms with van der Waals surface area (Å²) in [4.78, 5) is 98.7. The van der Waals surface area contributed by atoms with Gasteiger partial charge < -0.3 is 38.3 Å². The standard InChI is InChI=1S/C44H46O16/c1-7-36(45)54-30-19-14-26(23-33(30)57-39(48)10-4)13-18-29-28(16-21-32(56-38(47)9-3)43(29)60-41(50)12-6)17-22-42(51)59-35(44(52)53)25-27-15-20-31(55-37(46)8-2)34(24-27)58-40(49)11-5/h13-24,35H,7-12,25H2,1-6H3,(H,52,53)/b18-13+,22-17+. The molecule has 16 heteroatoms. The van der Waals surface area contributed by atoms with Crippen molar-refractivity contribution in [3.05, 3.63) is 76.9 Å². The number of carboxylic acid groups (broad SMARTS) is 1. The van der Waals surface area contributed by atoms with E-state index in [-0.39, 0.29) is 96.1 Å². The van der Waals surface area contributed by atoms with E-state index >= 15 is 0 Å². The van der Waals surface area contributed by atoms with Gasteiger partial charge in [0, 0.05) is 56.6 Å². The molecule has 0 bridgehead atoms. The zero-order valence-corrected chi connectivity index (χ0v) is 34.0. The lowest BCUT2D eigenvalue weighted by molar-refractivity contribution is -0.160. The Morgan fingerprint density at radius 2 is 0.967 bits per heavy atom. The first-order chi connectivity index (χ1) is 28.6. The van der Waals surface area contributed by atoms with Gasteiger partial charge in [-0.05, 0) is 59.2 Å². The summed E-state index contributed by atoms with van der Waals surface area (Å²) in [6, 6.07) is 11.3. The molecule has 1 unspecified atom stereocenters. The minimum atomic E-state index is -1.73. The van der Waals surface area contributed by atoms with Crippen molar-refractivity contribution in [1.29, 1.82) is 0 Å². The quantitative estimate of drug-likeness (QED) is 0.0524. The van der Waals surface area contributed by atoms with Gasteiger partial charge in [0.2, 0.25) is 6.10 Å². The molecule has 0 amide bonds. The van der Waals surface area contributed by atoms with Crippen molar-refractivity contribution in [3.63, 3.8) is 0 Å². The molecule has 0 heterocycles. The van der Waals surface area contributed by atoms with Crippen molar-refractivity contribution in [2.24, 2.45) is 0 Å². The summed E-state index contributed by atoms with van der Waals surface area (Å²) in [5, 5.41) is 9.96. The van der Waals surface area contributed by atoms with Gasteiger partial charge in [0.25, 0.3) is 0 Å². The van der Waals surface area contributed by atoms with Crippen LogP contribution in [0.15, 0.2) is 54.6 Å². The monoisotopic (exact) mass is 830 g/mol. The molecule has 16 nitrogen and oxygen atoms in total. The van der Waals surface area contributed by atoms with Crippen LogP contribution in [0, 0.1) is 0 Å². The van der Waals surface area contributed by atoms with E-state index in [0.717, 1.165) is 6.08 Å². The summed E-state index contributed by atoms with van der Waals surface area (Å²) < 4.78 is 37.6. The number of benzene rings is 3. The van der Waals surface area contributed by atoms with E-state index in [1.807, 2.05) is 0 Å². The van der Waals surface area contributed by atoms with E-state index in [4.69, 9.17) is 33.2 Å². The first-order valence-corrected chi connectivity index (χ1v) is 19.1. The Bertz CT molecular complexity index is 2160. The largest absolute Gasteiger partial charge is 0.478 e. The maximum Gasteiger partial charge on any atom is 0.345 e. The molecule has 0 aliphatic heterocycles. The van der Waals surface area contributed by atoms with Crippen molar-refractivity contribution >= 4 is 66.0 Å². The van der Waals surface area contributed by atoms with E-state index in [9.17, 15) is 43.5 Å². The summed E-state index contributed by atoms with van der Waals surface area (Å²) in [5.41, 5.74) is 1.03. The average molecular weight is 831 g/mol. The van der Waals surface area contributed by atoms with Gasteiger partial charge in [0.15, 0.2) is 34.5 Å². The van der Waals surface area contributed by atoms with Crippen LogP contribution < -0.4 is 28.4 Å². The molecule has 3 rings (SSSR count). The molecule has 318 valence electrons. The van der Waals surface area contributed by atoms with Gasteiger partial charge in [-0.25, -0.2) is 9.59 Å². The van der Waals surface area contributed by atoms with Crippen LogP contribution in [0.4, 0.5) is 0 Å². The molecule has 60 heavy (non-hydrogen) atoms. The van der Waals surface area contributed by atoms with Gasteiger partial charge >= 0.3 is 47.8 Å². The van der Waals surface area contributed by atoms with Crippen LogP contribution in [0.2, 0.25) is 0 Å². The predicted octanol–water partition coefficient (Wildman–Crippen LogP) is 7.00. The minimum Gasteiger partial charge on any atom is -0.478 e. The van der Waals surface area contributed by atoms with Crippen LogP contribution in [0.3, 0.4) is 0 Å². The second-order valence-corrected chi connectivity index (χ2v) is 12.5. The van der Waals surface area contributed by atoms with Crippen LogP contribution in [0.1, 0.15) is 102 Å². The topological polar surface area (TPSA) is 221 Å². The van der Waals surface area contributed by atoms with Gasteiger partial charge in [-0.2, -0.15) is 0 Å². The zero-order chi connectivity index (χ0) is 44.4. The molecule has 0 radical (unpaired) electrons. The van der Waals surface area contributed by atoms with Crippen LogP contribution >= 0.6 is 0 Å². The number of hydrogen-bond acceptors (Lipinski definition) is 15. The number of carboxylic acids is 1. The highest BCUT2D eigenvalue weighted by molar-refractivity contribution is 5.92. The summed E-state index contributed by atoms with van der Waals surface area (Å²) in [5.74, 6) is -6.83. The molecular formula is C44H46O16. The Kier molecular flexibility index (Phi) is 18.4. The number of rotatable bonds is 20. The first-order valence-electron chi connectivity index (χ1n) is 19.1. The third-order valence-corrected chi connectivity index (χ3v) is 8.03. The van der Waals surface area contributed by atoms with E-state index < -0.39 is 53.9 Å². The van der Waals surface area contributed by atoms with Crippen LogP contribution in [0.25, 0.3) is 18.2 Å². The molecule has 0 aliphatic rings. The molecule has 0 saturated carbocycles. The molecule has 1 N–H and O–H groups in total. The summed E-state index contributed by atoms with van der Waals surface area (Å²) >= 11 is 0. The number of carbonyl (C=O) groups excluding carboxylic acids is 7. The molecule has 0 saturated heterocycles. The summed E-state index contributed by atoms with van der Waals surface area (Å²) in [6.07, 6.45) is 3.15. The third kappa shape index (κ3) is 14.4. The van der Waals surface area contributed by atoms with Crippen molar-refractivity contribution < 1.29 is 76.6 Å². The Balaban J connectivity index is 2.06. The Morgan fingerprint density at radius 1 is 0.517 bits per heavy atom. The van der Waals surface area contributed by atoms with Crippen molar-refractivity contribution in [2.75, 3.05) is 0 Å². The maximum absolute atomic E-state index is 13.2. The van der Waals surface area contributed by atoms with Gasteiger partial charge in [-0.1, -0.05) is 65.8 Å². The molecule has 3 aromatic carbocycles. The number of ether oxygens (including phenoxy) is 7. The normalized spacial score (nSPS) is 11.4. The zero-order valence-electron chi connectivity index (χ0n) is 34.0. The fourth-order valence-corrected chi connectivity index (χ4v) is 4.80. The Labute approximate surface area is 346 Å². The lowest BCUT2D eigenvalue weighted by Crippen LogP contribution is -2.28. The number of esters is 7. The molecule has 0 spiro atoms. The molecular weight excluding hydrogens is 784 g/mol. The molecule has 3 aromatic rings. The lowest BCUT2D eigenvalue weighted by atomic mass is 10.0. The first kappa shape index (κ1) is 47.3. The van der Waals surface area contributed by atoms with Gasteiger partial charge in [0.05, 0.1) is 0 Å². The van der Waals surface area contributed by atoms with Gasteiger partial charge in [-0.3, -0.25) is 28.8 Å². The van der Waals surface area contributed by atoms with E-state index in [0.29, 0.717) is 5.56 Å². The average Bonchev–Trinajstić information content (AvgIpc) is 3.23. The predicted molar refractivity (Wildman–Crippen MR) is 214 cm³/mol. The second-order valence-electron chi connectivity index (χ2n) is 12.5. The second kappa shape index (κ2) is 23.3. The maximum atomic E-state index is 13.2. The summed E-state index contributed by atoms with van der Waals surface area (Å²) in [6.45, 7) is 9.44. The molecule has 1 atom stereocenters. The van der Waals surface area contributed by atoms with E-state index in [1.54, 1.807) is 47.6 Å². The lowest BCUT2D eigenvalue weighted by Gasteiger charge is -2.16. The highest BCUT2D eigenvalue weighted by atomic mass is 16.6. The van der Waals surface area contributed by atoms with Crippen LogP contribution in [-0.4, -0.2) is 59.0 Å². The van der Waals surface area contributed by atoms with Gasteiger partial charge in [0.1, 0.15) is 0 Å². The third-order valence-electron chi connectivity index (χ3n) is 8.03. The minimum absolute atomic E-state index is 0.00165. The Hall–Kier alpha value is -7.10. The van der Waals surface area contributed by atoms with Gasteiger partial charge in [-0.15, -0.1) is 0 Å². The highest BCUT2D eigenvalue weighted by Gasteiger charge is 2.24. The molecule has 0 fully saturated rings. The van der Waals surface area contributed by atoms with Crippen molar-refractivity contribution in [1.82, 2.24) is 0 Å². The smallest absolute Gasteiger partial charge is 0.345 e. The number of hydrogen-bond donors (Lipinski definition) is 1. The molecule has 0 aliphatic carbocycles. The summed E-state index contributed by atoms with van der Waals surface area (Å²) in [7, 11) is 0. The van der Waals surface area contributed by atoms with Crippen molar-refractivity contribution in [2.45, 2.75) is 92.6 Å². The fraction of sp³-hybridized carbons (Fsp3) is 0.318. The van der Waals surface area contributed by atoms with E-state index in [1.165, 1.54) is 60.7 Å². The Morgan fingerprint density at radius 3 is 1.48 bits per heavy atom. The molecule has 0 aromatic heterocycles. The highest BCUT2D eigenvalue weighted by Crippen LogP contribution is 2.38. The van der Waals surface area contributed by atoms with Crippen LogP contribution in [0.5, 0.6) is 34.5 Å². The van der Waals surface area contributed by atoms with Crippen molar-refractivity contribution in [3.8, 4) is 34.5 Å². The SMILES string of the molecule is CCC(=O)Oc1ccc(/C=C/c2c(/C=C/C(=O)OC(Cc3ccc(OC(=O)CC)c(OC(=O)CC)c3)C(=O)O)ccc(OC(=O)CC)c2OC(=O)CC)cc1OC(=O)CC. The fourth-order valence-electron chi connectivity index (χ4n) is 4.80.